The van der Waals surface area contributed by atoms with E-state index in [4.69, 9.17) is 11.6 Å². The van der Waals surface area contributed by atoms with Crippen LogP contribution in [-0.2, 0) is 11.2 Å². The van der Waals surface area contributed by atoms with Crippen LogP contribution in [0.25, 0.3) is 0 Å². The maximum absolute atomic E-state index is 12.5. The van der Waals surface area contributed by atoms with Gasteiger partial charge in [-0.3, -0.25) is 4.79 Å². The van der Waals surface area contributed by atoms with E-state index in [1.165, 1.54) is 11.3 Å². The van der Waals surface area contributed by atoms with E-state index in [0.717, 1.165) is 48.1 Å². The molecule has 1 saturated heterocycles. The van der Waals surface area contributed by atoms with E-state index < -0.39 is 0 Å². The van der Waals surface area contributed by atoms with Gasteiger partial charge in [-0.25, -0.2) is 0 Å². The number of carbonyl (C=O) groups is 1. The Kier molecular flexibility index (Phi) is 5.91. The molecule has 0 aliphatic carbocycles. The second kappa shape index (κ2) is 8.15. The van der Waals surface area contributed by atoms with E-state index in [1.807, 2.05) is 18.2 Å². The number of nitrogens with one attached hydrogen (secondary N) is 1. The van der Waals surface area contributed by atoms with Gasteiger partial charge in [-0.15, -0.1) is 10.2 Å². The minimum atomic E-state index is 0.0212. The van der Waals surface area contributed by atoms with Crippen molar-refractivity contribution in [2.24, 2.45) is 11.8 Å². The zero-order valence-corrected chi connectivity index (χ0v) is 16.1. The number of hydrogen-bond acceptors (Lipinski definition) is 5. The fraction of sp³-hybridized carbons (Fsp3) is 0.500. The van der Waals surface area contributed by atoms with Crippen molar-refractivity contribution in [1.82, 2.24) is 10.2 Å². The third-order valence-electron chi connectivity index (χ3n) is 4.32. The monoisotopic (exact) mass is 378 g/mol. The summed E-state index contributed by atoms with van der Waals surface area (Å²) in [5.74, 6) is 0.609. The average Bonchev–Trinajstić information content (AvgIpc) is 3.01. The molecule has 1 N–H and O–H groups in total. The number of benzene rings is 1. The highest BCUT2D eigenvalue weighted by Crippen LogP contribution is 2.27. The van der Waals surface area contributed by atoms with Crippen molar-refractivity contribution in [3.8, 4) is 0 Å². The van der Waals surface area contributed by atoms with Gasteiger partial charge < -0.3 is 10.2 Å². The van der Waals surface area contributed by atoms with E-state index in [2.05, 4.69) is 40.3 Å². The molecule has 25 heavy (non-hydrogen) atoms. The predicted octanol–water partition coefficient (Wildman–Crippen LogP) is 4.25. The molecule has 2 aromatic rings. The number of nitrogens with zero attached hydrogens (tertiary/aromatic N) is 3. The van der Waals surface area contributed by atoms with E-state index in [-0.39, 0.29) is 11.8 Å². The van der Waals surface area contributed by atoms with Crippen LogP contribution in [0.3, 0.4) is 0 Å². The molecule has 1 aliphatic heterocycles. The fourth-order valence-corrected chi connectivity index (χ4v) is 4.16. The molecule has 5 nitrogen and oxygen atoms in total. The molecule has 7 heteroatoms. The summed E-state index contributed by atoms with van der Waals surface area (Å²) in [6.45, 7) is 6.00. The fourth-order valence-electron chi connectivity index (χ4n) is 3.02. The Morgan fingerprint density at radius 2 is 2.12 bits per heavy atom. The molecular formula is C18H23ClN4OS. The topological polar surface area (TPSA) is 58.1 Å². The highest BCUT2D eigenvalue weighted by atomic mass is 35.5. The molecule has 0 radical (unpaired) electrons. The summed E-state index contributed by atoms with van der Waals surface area (Å²) < 4.78 is 0. The quantitative estimate of drug-likeness (QED) is 0.845. The minimum Gasteiger partial charge on any atom is -0.371 e. The first-order chi connectivity index (χ1) is 12.0. The van der Waals surface area contributed by atoms with Crippen molar-refractivity contribution in [2.75, 3.05) is 23.3 Å². The molecule has 0 saturated carbocycles. The highest BCUT2D eigenvalue weighted by Gasteiger charge is 2.26. The summed E-state index contributed by atoms with van der Waals surface area (Å²) in [6.07, 6.45) is 2.55. The predicted molar refractivity (Wildman–Crippen MR) is 103 cm³/mol. The zero-order chi connectivity index (χ0) is 17.8. The maximum atomic E-state index is 12.5. The van der Waals surface area contributed by atoms with Crippen LogP contribution in [0.15, 0.2) is 24.3 Å². The third kappa shape index (κ3) is 4.92. The largest absolute Gasteiger partial charge is 0.371 e. The second-order valence-corrected chi connectivity index (χ2v) is 8.33. The van der Waals surface area contributed by atoms with Crippen molar-refractivity contribution >= 4 is 39.7 Å². The molecule has 0 bridgehead atoms. The molecule has 1 aliphatic rings. The minimum absolute atomic E-state index is 0.0212. The van der Waals surface area contributed by atoms with Gasteiger partial charge in [0.15, 0.2) is 0 Å². The van der Waals surface area contributed by atoms with Crippen molar-refractivity contribution in [1.29, 1.82) is 0 Å². The molecule has 0 unspecified atom stereocenters. The highest BCUT2D eigenvalue weighted by molar-refractivity contribution is 7.15. The van der Waals surface area contributed by atoms with Crippen LogP contribution in [0, 0.1) is 11.8 Å². The van der Waals surface area contributed by atoms with Crippen molar-refractivity contribution < 1.29 is 4.79 Å². The van der Waals surface area contributed by atoms with Gasteiger partial charge in [0.05, 0.1) is 0 Å². The number of halogens is 1. The first-order valence-electron chi connectivity index (χ1n) is 8.65. The summed E-state index contributed by atoms with van der Waals surface area (Å²) in [5.41, 5.74) is 1.12. The van der Waals surface area contributed by atoms with Gasteiger partial charge >= 0.3 is 0 Å². The molecule has 3 rings (SSSR count). The van der Waals surface area contributed by atoms with E-state index in [0.29, 0.717) is 11.0 Å². The molecule has 0 spiro atoms. The maximum Gasteiger partial charge on any atom is 0.229 e. The van der Waals surface area contributed by atoms with E-state index in [9.17, 15) is 4.79 Å². The Balaban J connectivity index is 1.52. The number of carbonyl (C=O) groups excluding carboxylic acids is 1. The lowest BCUT2D eigenvalue weighted by Crippen LogP contribution is -2.38. The number of rotatable bonds is 5. The number of anilines is 2. The first-order valence-corrected chi connectivity index (χ1v) is 9.84. The van der Waals surface area contributed by atoms with Gasteiger partial charge in [-0.2, -0.15) is 0 Å². The Morgan fingerprint density at radius 1 is 1.36 bits per heavy atom. The SMILES string of the molecule is CC(C)Cc1nnc(NC(=O)C2CCN(c3cccc(Cl)c3)CC2)s1. The first kappa shape index (κ1) is 18.1. The molecular weight excluding hydrogens is 356 g/mol. The molecule has 0 atom stereocenters. The van der Waals surface area contributed by atoms with Crippen LogP contribution >= 0.6 is 22.9 Å². The summed E-state index contributed by atoms with van der Waals surface area (Å²) in [4.78, 5) is 14.8. The van der Waals surface area contributed by atoms with E-state index >= 15 is 0 Å². The molecule has 1 amide bonds. The molecule has 1 aromatic heterocycles. The van der Waals surface area contributed by atoms with Crippen LogP contribution in [0.5, 0.6) is 0 Å². The molecule has 2 heterocycles. The Bertz CT molecular complexity index is 725. The van der Waals surface area contributed by atoms with Crippen molar-refractivity contribution in [3.05, 3.63) is 34.3 Å². The van der Waals surface area contributed by atoms with Crippen LogP contribution in [0.1, 0.15) is 31.7 Å². The molecule has 1 fully saturated rings. The van der Waals surface area contributed by atoms with Crippen LogP contribution in [-0.4, -0.2) is 29.2 Å². The summed E-state index contributed by atoms with van der Waals surface area (Å²) in [5, 5.41) is 13.5. The van der Waals surface area contributed by atoms with Gasteiger partial charge in [0, 0.05) is 36.1 Å². The van der Waals surface area contributed by atoms with Gasteiger partial charge in [-0.05, 0) is 37.0 Å². The van der Waals surface area contributed by atoms with Crippen LogP contribution in [0.4, 0.5) is 10.8 Å². The lowest BCUT2D eigenvalue weighted by Gasteiger charge is -2.32. The van der Waals surface area contributed by atoms with Crippen molar-refractivity contribution in [2.45, 2.75) is 33.1 Å². The van der Waals surface area contributed by atoms with Gasteiger partial charge in [0.2, 0.25) is 11.0 Å². The van der Waals surface area contributed by atoms with Gasteiger partial charge in [-0.1, -0.05) is 42.9 Å². The smallest absolute Gasteiger partial charge is 0.229 e. The molecule has 134 valence electrons. The van der Waals surface area contributed by atoms with Gasteiger partial charge in [0.25, 0.3) is 0 Å². The van der Waals surface area contributed by atoms with Crippen molar-refractivity contribution in [3.63, 3.8) is 0 Å². The molecule has 1 aromatic carbocycles. The van der Waals surface area contributed by atoms with Crippen LogP contribution in [0.2, 0.25) is 5.02 Å². The normalized spacial score (nSPS) is 15.6. The lowest BCUT2D eigenvalue weighted by molar-refractivity contribution is -0.120. The van der Waals surface area contributed by atoms with Crippen LogP contribution < -0.4 is 10.2 Å². The number of hydrogen-bond donors (Lipinski definition) is 1. The third-order valence-corrected chi connectivity index (χ3v) is 5.42. The second-order valence-electron chi connectivity index (χ2n) is 6.83. The Morgan fingerprint density at radius 3 is 2.80 bits per heavy atom. The average molecular weight is 379 g/mol. The summed E-state index contributed by atoms with van der Waals surface area (Å²) in [7, 11) is 0. The summed E-state index contributed by atoms with van der Waals surface area (Å²) in [6, 6.07) is 7.87. The Hall–Kier alpha value is -1.66. The standard InChI is InChI=1S/C18H23ClN4OS/c1-12(2)10-16-21-22-18(25-16)20-17(24)13-6-8-23(9-7-13)15-5-3-4-14(19)11-15/h3-5,11-13H,6-10H2,1-2H3,(H,20,22,24). The summed E-state index contributed by atoms with van der Waals surface area (Å²) >= 11 is 7.54. The van der Waals surface area contributed by atoms with Gasteiger partial charge in [0.1, 0.15) is 5.01 Å². The zero-order valence-electron chi connectivity index (χ0n) is 14.5. The van der Waals surface area contributed by atoms with E-state index in [1.54, 1.807) is 0 Å². The number of amides is 1. The Labute approximate surface area is 157 Å². The number of piperidine rings is 1. The number of aromatic nitrogens is 2. The lowest BCUT2D eigenvalue weighted by atomic mass is 9.95.